The maximum atomic E-state index is 12.6. The van der Waals surface area contributed by atoms with Gasteiger partial charge in [-0.3, -0.25) is 0 Å². The highest BCUT2D eigenvalue weighted by Crippen LogP contribution is 2.20. The molecule has 1 aliphatic rings. The molecule has 0 saturated carbocycles. The van der Waals surface area contributed by atoms with Crippen LogP contribution in [0.4, 0.5) is 5.82 Å². The van der Waals surface area contributed by atoms with Crippen LogP contribution in [0.3, 0.4) is 0 Å². The van der Waals surface area contributed by atoms with Gasteiger partial charge in [-0.15, -0.1) is 0 Å². The van der Waals surface area contributed by atoms with Gasteiger partial charge in [0.15, 0.2) is 0 Å². The summed E-state index contributed by atoms with van der Waals surface area (Å²) in [5, 5.41) is 3.97. The van der Waals surface area contributed by atoms with Crippen molar-refractivity contribution >= 4 is 27.4 Å². The molecule has 0 radical (unpaired) electrons. The SMILES string of the molecule is Cc1cc(NC2CCN(S(=O)(=O)Cc3ccc(Cl)cc3)CC2)ncn1. The van der Waals surface area contributed by atoms with Crippen molar-refractivity contribution in [2.24, 2.45) is 0 Å². The van der Waals surface area contributed by atoms with Gasteiger partial charge in [-0.2, -0.15) is 0 Å². The molecule has 2 aromatic rings. The van der Waals surface area contributed by atoms with Gasteiger partial charge in [0.2, 0.25) is 10.0 Å². The molecule has 0 amide bonds. The molecule has 1 fully saturated rings. The number of nitrogens with zero attached hydrogens (tertiary/aromatic N) is 3. The van der Waals surface area contributed by atoms with E-state index in [0.717, 1.165) is 29.9 Å². The molecule has 0 atom stereocenters. The lowest BCUT2D eigenvalue weighted by Crippen LogP contribution is -2.42. The summed E-state index contributed by atoms with van der Waals surface area (Å²) in [4.78, 5) is 8.28. The van der Waals surface area contributed by atoms with E-state index in [-0.39, 0.29) is 11.8 Å². The maximum absolute atomic E-state index is 12.6. The number of hydrogen-bond donors (Lipinski definition) is 1. The highest BCUT2D eigenvalue weighted by molar-refractivity contribution is 7.88. The van der Waals surface area contributed by atoms with Crippen molar-refractivity contribution in [1.29, 1.82) is 0 Å². The summed E-state index contributed by atoms with van der Waals surface area (Å²) >= 11 is 5.85. The summed E-state index contributed by atoms with van der Waals surface area (Å²) in [7, 11) is -3.32. The fraction of sp³-hybridized carbons (Fsp3) is 0.412. The van der Waals surface area contributed by atoms with Gasteiger partial charge in [0, 0.05) is 35.9 Å². The highest BCUT2D eigenvalue weighted by atomic mass is 35.5. The fourth-order valence-electron chi connectivity index (χ4n) is 2.90. The Morgan fingerprint density at radius 1 is 1.20 bits per heavy atom. The summed E-state index contributed by atoms with van der Waals surface area (Å²) in [6.07, 6.45) is 3.04. The summed E-state index contributed by atoms with van der Waals surface area (Å²) < 4.78 is 26.8. The van der Waals surface area contributed by atoms with Crippen LogP contribution in [0.2, 0.25) is 5.02 Å². The second-order valence-electron chi connectivity index (χ2n) is 6.24. The second-order valence-corrected chi connectivity index (χ2v) is 8.65. The van der Waals surface area contributed by atoms with E-state index in [1.807, 2.05) is 13.0 Å². The van der Waals surface area contributed by atoms with Crippen LogP contribution < -0.4 is 5.32 Å². The smallest absolute Gasteiger partial charge is 0.218 e. The summed E-state index contributed by atoms with van der Waals surface area (Å²) in [5.74, 6) is 0.794. The van der Waals surface area contributed by atoms with Crippen molar-refractivity contribution in [2.45, 2.75) is 31.6 Å². The van der Waals surface area contributed by atoms with Crippen molar-refractivity contribution in [1.82, 2.24) is 14.3 Å². The Kier molecular flexibility index (Phi) is 5.56. The number of nitrogens with one attached hydrogen (secondary N) is 1. The van der Waals surface area contributed by atoms with E-state index < -0.39 is 10.0 Å². The predicted octanol–water partition coefficient (Wildman–Crippen LogP) is 2.84. The van der Waals surface area contributed by atoms with E-state index in [1.165, 1.54) is 6.33 Å². The molecule has 6 nitrogen and oxygen atoms in total. The molecule has 134 valence electrons. The molecule has 0 spiro atoms. The maximum Gasteiger partial charge on any atom is 0.218 e. The number of benzene rings is 1. The van der Waals surface area contributed by atoms with Gasteiger partial charge < -0.3 is 5.32 Å². The Labute approximate surface area is 153 Å². The Morgan fingerprint density at radius 3 is 2.52 bits per heavy atom. The zero-order valence-electron chi connectivity index (χ0n) is 14.0. The molecule has 2 heterocycles. The van der Waals surface area contributed by atoms with Crippen LogP contribution in [0.25, 0.3) is 0 Å². The van der Waals surface area contributed by atoms with Gasteiger partial charge in [-0.1, -0.05) is 23.7 Å². The molecule has 8 heteroatoms. The third-order valence-corrected chi connectivity index (χ3v) is 6.37. The number of rotatable bonds is 5. The quantitative estimate of drug-likeness (QED) is 0.863. The molecular formula is C17H21ClN4O2S. The average Bonchev–Trinajstić information content (AvgIpc) is 2.57. The zero-order valence-corrected chi connectivity index (χ0v) is 15.6. The summed E-state index contributed by atoms with van der Waals surface area (Å²) in [6, 6.07) is 9.05. The molecule has 0 unspecified atom stereocenters. The monoisotopic (exact) mass is 380 g/mol. The first-order valence-electron chi connectivity index (χ1n) is 8.20. The first kappa shape index (κ1) is 18.1. The molecule has 3 rings (SSSR count). The van der Waals surface area contributed by atoms with Crippen molar-refractivity contribution < 1.29 is 8.42 Å². The lowest BCUT2D eigenvalue weighted by Gasteiger charge is -2.32. The lowest BCUT2D eigenvalue weighted by molar-refractivity contribution is 0.329. The molecule has 1 aliphatic heterocycles. The van der Waals surface area contributed by atoms with Crippen molar-refractivity contribution in [3.05, 3.63) is 52.9 Å². The molecule has 25 heavy (non-hydrogen) atoms. The molecule has 1 aromatic carbocycles. The molecule has 0 bridgehead atoms. The van der Waals surface area contributed by atoms with Gasteiger partial charge >= 0.3 is 0 Å². The number of anilines is 1. The van der Waals surface area contributed by atoms with Crippen molar-refractivity contribution in [3.63, 3.8) is 0 Å². The molecular weight excluding hydrogens is 360 g/mol. The summed E-state index contributed by atoms with van der Waals surface area (Å²) in [6.45, 7) is 2.94. The van der Waals surface area contributed by atoms with E-state index >= 15 is 0 Å². The Balaban J connectivity index is 1.56. The zero-order chi connectivity index (χ0) is 17.9. The second kappa shape index (κ2) is 7.68. The first-order chi connectivity index (χ1) is 11.9. The van der Waals surface area contributed by atoms with Crippen molar-refractivity contribution in [3.8, 4) is 0 Å². The van der Waals surface area contributed by atoms with Crippen LogP contribution in [-0.4, -0.2) is 41.8 Å². The third kappa shape index (κ3) is 4.90. The van der Waals surface area contributed by atoms with Crippen LogP contribution >= 0.6 is 11.6 Å². The van der Waals surface area contributed by atoms with Gasteiger partial charge in [-0.25, -0.2) is 22.7 Å². The van der Waals surface area contributed by atoms with E-state index in [4.69, 9.17) is 11.6 Å². The number of halogens is 1. The molecule has 1 saturated heterocycles. The van der Waals surface area contributed by atoms with Crippen LogP contribution in [0.5, 0.6) is 0 Å². The van der Waals surface area contributed by atoms with Gasteiger partial charge in [0.25, 0.3) is 0 Å². The van der Waals surface area contributed by atoms with Crippen LogP contribution in [0, 0.1) is 6.92 Å². The number of piperidine rings is 1. The Hall–Kier alpha value is -1.70. The largest absolute Gasteiger partial charge is 0.367 e. The normalized spacial score (nSPS) is 16.7. The number of hydrogen-bond acceptors (Lipinski definition) is 5. The van der Waals surface area contributed by atoms with Crippen LogP contribution in [-0.2, 0) is 15.8 Å². The van der Waals surface area contributed by atoms with Gasteiger partial charge in [0.1, 0.15) is 12.1 Å². The van der Waals surface area contributed by atoms with Crippen molar-refractivity contribution in [2.75, 3.05) is 18.4 Å². The topological polar surface area (TPSA) is 75.2 Å². The van der Waals surface area contributed by atoms with E-state index in [0.29, 0.717) is 18.1 Å². The molecule has 1 N–H and O–H groups in total. The van der Waals surface area contributed by atoms with E-state index in [2.05, 4.69) is 15.3 Å². The lowest BCUT2D eigenvalue weighted by atomic mass is 10.1. The van der Waals surface area contributed by atoms with E-state index in [9.17, 15) is 8.42 Å². The first-order valence-corrected chi connectivity index (χ1v) is 10.2. The minimum atomic E-state index is -3.32. The van der Waals surface area contributed by atoms with Crippen LogP contribution in [0.15, 0.2) is 36.7 Å². The predicted molar refractivity (Wildman–Crippen MR) is 99.1 cm³/mol. The number of aryl methyl sites for hydroxylation is 1. The third-order valence-electron chi connectivity index (χ3n) is 4.27. The minimum Gasteiger partial charge on any atom is -0.367 e. The standard InChI is InChI=1S/C17H21ClN4O2S/c1-13-10-17(20-12-19-13)21-16-6-8-22(9-7-16)25(23,24)11-14-2-4-15(18)5-3-14/h2-5,10,12,16H,6-9,11H2,1H3,(H,19,20,21). The van der Waals surface area contributed by atoms with E-state index in [1.54, 1.807) is 28.6 Å². The van der Waals surface area contributed by atoms with Gasteiger partial charge in [-0.05, 0) is 37.5 Å². The number of aromatic nitrogens is 2. The fourth-order valence-corrected chi connectivity index (χ4v) is 4.59. The Bertz CT molecular complexity index is 819. The van der Waals surface area contributed by atoms with Crippen LogP contribution in [0.1, 0.15) is 24.1 Å². The van der Waals surface area contributed by atoms with Gasteiger partial charge in [0.05, 0.1) is 5.75 Å². The molecule has 1 aromatic heterocycles. The molecule has 0 aliphatic carbocycles. The minimum absolute atomic E-state index is 0.00731. The highest BCUT2D eigenvalue weighted by Gasteiger charge is 2.28. The average molecular weight is 381 g/mol. The Morgan fingerprint density at radius 2 is 1.88 bits per heavy atom. The number of sulfonamides is 1. The summed E-state index contributed by atoms with van der Waals surface area (Å²) in [5.41, 5.74) is 1.65.